The molecule has 3 N–H and O–H groups in total. The highest BCUT2D eigenvalue weighted by Gasteiger charge is 2.00. The first-order chi connectivity index (χ1) is 5.83. The third-order valence-corrected chi connectivity index (χ3v) is 2.59. The van der Waals surface area contributed by atoms with Gasteiger partial charge in [0.15, 0.2) is 0 Å². The first-order valence-corrected chi connectivity index (χ1v) is 5.14. The van der Waals surface area contributed by atoms with Crippen LogP contribution in [0.2, 0.25) is 0 Å². The molecule has 0 aliphatic heterocycles. The Kier molecular flexibility index (Phi) is 4.29. The van der Waals surface area contributed by atoms with Crippen LogP contribution in [0.15, 0.2) is 16.8 Å². The highest BCUT2D eigenvalue weighted by atomic mass is 32.1. The van der Waals surface area contributed by atoms with E-state index in [2.05, 4.69) is 16.8 Å². The van der Waals surface area contributed by atoms with E-state index in [1.54, 1.807) is 11.3 Å². The molecular weight excluding hydrogens is 170 g/mol. The minimum Gasteiger partial charge on any atom is -0.395 e. The van der Waals surface area contributed by atoms with Crippen molar-refractivity contribution in [2.75, 3.05) is 6.61 Å². The van der Waals surface area contributed by atoms with Gasteiger partial charge in [0.2, 0.25) is 0 Å². The van der Waals surface area contributed by atoms with E-state index in [4.69, 9.17) is 10.8 Å². The van der Waals surface area contributed by atoms with Gasteiger partial charge in [-0.25, -0.2) is 0 Å². The maximum absolute atomic E-state index is 8.67. The van der Waals surface area contributed by atoms with Gasteiger partial charge in [-0.2, -0.15) is 11.3 Å². The molecule has 0 radical (unpaired) electrons. The molecule has 68 valence electrons. The molecule has 1 aromatic heterocycles. The summed E-state index contributed by atoms with van der Waals surface area (Å²) in [7, 11) is 0. The normalized spacial score (nSPS) is 13.2. The molecule has 0 aromatic carbocycles. The second-order valence-electron chi connectivity index (χ2n) is 2.97. The molecule has 0 saturated heterocycles. The molecule has 1 heterocycles. The van der Waals surface area contributed by atoms with E-state index < -0.39 is 0 Å². The maximum atomic E-state index is 8.67. The van der Waals surface area contributed by atoms with E-state index in [1.807, 2.05) is 0 Å². The summed E-state index contributed by atoms with van der Waals surface area (Å²) in [5.41, 5.74) is 6.94. The quantitative estimate of drug-likeness (QED) is 0.728. The Morgan fingerprint density at radius 3 is 3.00 bits per heavy atom. The minimum absolute atomic E-state index is 0.0383. The van der Waals surface area contributed by atoms with Crippen molar-refractivity contribution in [3.8, 4) is 0 Å². The summed E-state index contributed by atoms with van der Waals surface area (Å²) in [6.07, 6.45) is 3.06. The van der Waals surface area contributed by atoms with Gasteiger partial charge in [0, 0.05) is 6.04 Å². The van der Waals surface area contributed by atoms with Gasteiger partial charge in [0.25, 0.3) is 0 Å². The van der Waals surface area contributed by atoms with Crippen molar-refractivity contribution < 1.29 is 5.11 Å². The van der Waals surface area contributed by atoms with Crippen molar-refractivity contribution in [1.29, 1.82) is 0 Å². The van der Waals surface area contributed by atoms with Crippen molar-refractivity contribution in [1.82, 2.24) is 0 Å². The predicted molar refractivity (Wildman–Crippen MR) is 52.3 cm³/mol. The molecule has 2 nitrogen and oxygen atoms in total. The smallest absolute Gasteiger partial charge is 0.0582 e. The largest absolute Gasteiger partial charge is 0.395 e. The molecule has 12 heavy (non-hydrogen) atoms. The lowest BCUT2D eigenvalue weighted by Gasteiger charge is -2.05. The van der Waals surface area contributed by atoms with E-state index >= 15 is 0 Å². The number of rotatable bonds is 5. The lowest BCUT2D eigenvalue weighted by molar-refractivity contribution is 0.258. The van der Waals surface area contributed by atoms with Gasteiger partial charge < -0.3 is 10.8 Å². The van der Waals surface area contributed by atoms with Gasteiger partial charge >= 0.3 is 0 Å². The van der Waals surface area contributed by atoms with Crippen molar-refractivity contribution in [3.63, 3.8) is 0 Å². The molecule has 0 amide bonds. The fourth-order valence-corrected chi connectivity index (χ4v) is 1.80. The SMILES string of the molecule is NC(CO)CCCc1ccsc1. The van der Waals surface area contributed by atoms with Gasteiger partial charge in [-0.05, 0) is 41.7 Å². The van der Waals surface area contributed by atoms with Gasteiger partial charge in [-0.3, -0.25) is 0 Å². The number of aryl methyl sites for hydroxylation is 1. The van der Waals surface area contributed by atoms with E-state index in [1.165, 1.54) is 5.56 Å². The van der Waals surface area contributed by atoms with Crippen molar-refractivity contribution in [2.45, 2.75) is 25.3 Å². The van der Waals surface area contributed by atoms with E-state index in [0.29, 0.717) is 0 Å². The van der Waals surface area contributed by atoms with E-state index in [-0.39, 0.29) is 12.6 Å². The summed E-state index contributed by atoms with van der Waals surface area (Å²) in [5, 5.41) is 12.9. The summed E-state index contributed by atoms with van der Waals surface area (Å²) < 4.78 is 0. The molecule has 0 bridgehead atoms. The van der Waals surface area contributed by atoms with Crippen LogP contribution < -0.4 is 5.73 Å². The molecule has 0 spiro atoms. The Morgan fingerprint density at radius 1 is 1.58 bits per heavy atom. The van der Waals surface area contributed by atoms with Gasteiger partial charge in [-0.1, -0.05) is 0 Å². The maximum Gasteiger partial charge on any atom is 0.0582 e. The highest BCUT2D eigenvalue weighted by Crippen LogP contribution is 2.09. The zero-order chi connectivity index (χ0) is 8.81. The second-order valence-corrected chi connectivity index (χ2v) is 3.75. The predicted octanol–water partition coefficient (Wildman–Crippen LogP) is 1.39. The molecule has 0 aliphatic rings. The Bertz CT molecular complexity index is 198. The monoisotopic (exact) mass is 185 g/mol. The average molecular weight is 185 g/mol. The fourth-order valence-electron chi connectivity index (χ4n) is 1.09. The lowest BCUT2D eigenvalue weighted by atomic mass is 10.1. The first kappa shape index (κ1) is 9.71. The number of aliphatic hydroxyl groups is 1. The summed E-state index contributed by atoms with van der Waals surface area (Å²) in [6.45, 7) is 0.101. The molecule has 1 aromatic rings. The van der Waals surface area contributed by atoms with Crippen molar-refractivity contribution >= 4 is 11.3 Å². The number of hydrogen-bond donors (Lipinski definition) is 2. The number of thiophene rings is 1. The Balaban J connectivity index is 2.11. The molecule has 3 heteroatoms. The summed E-state index contributed by atoms with van der Waals surface area (Å²) in [4.78, 5) is 0. The summed E-state index contributed by atoms with van der Waals surface area (Å²) in [5.74, 6) is 0. The molecule has 0 aliphatic carbocycles. The van der Waals surface area contributed by atoms with Crippen LogP contribution in [0, 0.1) is 0 Å². The molecular formula is C9H15NOS. The highest BCUT2D eigenvalue weighted by molar-refractivity contribution is 7.07. The van der Waals surface area contributed by atoms with Crippen molar-refractivity contribution in [3.05, 3.63) is 22.4 Å². The van der Waals surface area contributed by atoms with Crippen LogP contribution in [-0.4, -0.2) is 17.8 Å². The fraction of sp³-hybridized carbons (Fsp3) is 0.556. The van der Waals surface area contributed by atoms with E-state index in [0.717, 1.165) is 19.3 Å². The van der Waals surface area contributed by atoms with Crippen LogP contribution in [0.3, 0.4) is 0 Å². The third-order valence-electron chi connectivity index (χ3n) is 1.85. The van der Waals surface area contributed by atoms with Crippen LogP contribution in [0.4, 0.5) is 0 Å². The third kappa shape index (κ3) is 3.34. The summed E-state index contributed by atoms with van der Waals surface area (Å²) >= 11 is 1.72. The topological polar surface area (TPSA) is 46.2 Å². The Hall–Kier alpha value is -0.380. The van der Waals surface area contributed by atoms with Crippen molar-refractivity contribution in [2.24, 2.45) is 5.73 Å². The molecule has 1 rings (SSSR count). The van der Waals surface area contributed by atoms with Crippen LogP contribution >= 0.6 is 11.3 Å². The average Bonchev–Trinajstić information content (AvgIpc) is 2.57. The molecule has 0 fully saturated rings. The molecule has 1 unspecified atom stereocenters. The van der Waals surface area contributed by atoms with Crippen LogP contribution in [0.5, 0.6) is 0 Å². The molecule has 0 saturated carbocycles. The van der Waals surface area contributed by atoms with Crippen LogP contribution in [0.1, 0.15) is 18.4 Å². The van der Waals surface area contributed by atoms with Gasteiger partial charge in [0.05, 0.1) is 6.61 Å². The van der Waals surface area contributed by atoms with Gasteiger partial charge in [0.1, 0.15) is 0 Å². The number of nitrogens with two attached hydrogens (primary N) is 1. The number of aliphatic hydroxyl groups excluding tert-OH is 1. The Morgan fingerprint density at radius 2 is 2.42 bits per heavy atom. The molecule has 1 atom stereocenters. The standard InChI is InChI=1S/C9H15NOS/c10-9(6-11)3-1-2-8-4-5-12-7-8/h4-5,7,9,11H,1-3,6,10H2. The van der Waals surface area contributed by atoms with Crippen LogP contribution in [-0.2, 0) is 6.42 Å². The zero-order valence-electron chi connectivity index (χ0n) is 7.07. The first-order valence-electron chi connectivity index (χ1n) is 4.20. The van der Waals surface area contributed by atoms with E-state index in [9.17, 15) is 0 Å². The zero-order valence-corrected chi connectivity index (χ0v) is 7.89. The Labute approximate surface area is 77.0 Å². The second kappa shape index (κ2) is 5.30. The number of hydrogen-bond acceptors (Lipinski definition) is 3. The van der Waals surface area contributed by atoms with Crippen LogP contribution in [0.25, 0.3) is 0 Å². The lowest BCUT2D eigenvalue weighted by Crippen LogP contribution is -2.24. The minimum atomic E-state index is -0.0383. The van der Waals surface area contributed by atoms with Gasteiger partial charge in [-0.15, -0.1) is 0 Å². The summed E-state index contributed by atoms with van der Waals surface area (Å²) in [6, 6.07) is 2.10.